The molecule has 0 bridgehead atoms. The van der Waals surface area contributed by atoms with Gasteiger partial charge in [0.05, 0.1) is 0 Å². The van der Waals surface area contributed by atoms with Crippen molar-refractivity contribution in [2.75, 3.05) is 23.4 Å². The number of nitrogens with zero attached hydrogens (tertiary/aromatic N) is 3. The van der Waals surface area contributed by atoms with Crippen LogP contribution in [0, 0.1) is 18.8 Å². The van der Waals surface area contributed by atoms with Crippen LogP contribution < -0.4 is 10.2 Å². The predicted octanol–water partition coefficient (Wildman–Crippen LogP) is 4.19. The minimum atomic E-state index is -0.0814. The number of carbonyl (C=O) groups excluding carboxylic acids is 1. The van der Waals surface area contributed by atoms with Crippen LogP contribution in [0.1, 0.15) is 65.9 Å². The second kappa shape index (κ2) is 10.0. The fraction of sp³-hybridized carbons (Fsp3) is 0.762. The van der Waals surface area contributed by atoms with E-state index in [1.54, 1.807) is 0 Å². The molecular weight excluding hydrogens is 340 g/mol. The molecule has 1 aliphatic heterocycles. The van der Waals surface area contributed by atoms with Crippen LogP contribution >= 0.6 is 0 Å². The molecule has 1 amide bonds. The summed E-state index contributed by atoms with van der Waals surface area (Å²) in [5, 5.41) is 3.45. The van der Waals surface area contributed by atoms with E-state index < -0.39 is 0 Å². The fourth-order valence-corrected chi connectivity index (χ4v) is 3.74. The maximum Gasteiger partial charge on any atom is 0.230 e. The Labute approximate surface area is 164 Å². The Kier molecular flexibility index (Phi) is 8.02. The predicted molar refractivity (Wildman–Crippen MR) is 110 cm³/mol. The van der Waals surface area contributed by atoms with Crippen LogP contribution in [0.2, 0.25) is 0 Å². The van der Waals surface area contributed by atoms with Crippen LogP contribution in [0.5, 0.6) is 0 Å². The number of carbonyl (C=O) groups is 1. The molecule has 2 rings (SSSR count). The van der Waals surface area contributed by atoms with Crippen LogP contribution in [0.25, 0.3) is 0 Å². The van der Waals surface area contributed by atoms with Crippen molar-refractivity contribution < 1.29 is 9.53 Å². The molecule has 1 aromatic rings. The summed E-state index contributed by atoms with van der Waals surface area (Å²) in [7, 11) is 0. The molecule has 0 aliphatic carbocycles. The van der Waals surface area contributed by atoms with E-state index in [-0.39, 0.29) is 23.9 Å². The maximum atomic E-state index is 13.0. The first-order valence-corrected chi connectivity index (χ1v) is 10.4. The number of nitrogens with one attached hydrogen (secondary N) is 1. The molecule has 1 aromatic heterocycles. The molecular formula is C21H36N4O2. The number of anilines is 2. The number of ether oxygens (including phenoxy) is 1. The third-order valence-electron chi connectivity index (χ3n) is 5.57. The molecule has 0 unspecified atom stereocenters. The molecule has 1 fully saturated rings. The number of rotatable bonds is 8. The average Bonchev–Trinajstić information content (AvgIpc) is 2.66. The van der Waals surface area contributed by atoms with Crippen molar-refractivity contribution in [3.05, 3.63) is 11.8 Å². The van der Waals surface area contributed by atoms with Gasteiger partial charge < -0.3 is 10.1 Å². The first-order chi connectivity index (χ1) is 12.9. The van der Waals surface area contributed by atoms with Gasteiger partial charge in [-0.15, -0.1) is 0 Å². The van der Waals surface area contributed by atoms with Gasteiger partial charge >= 0.3 is 0 Å². The van der Waals surface area contributed by atoms with Gasteiger partial charge in [-0.25, -0.2) is 4.98 Å². The van der Waals surface area contributed by atoms with Crippen LogP contribution in [0.4, 0.5) is 11.8 Å². The van der Waals surface area contributed by atoms with Crippen LogP contribution in [-0.2, 0) is 9.53 Å². The standard InChI is InChI=1S/C21H36N4O2/c1-7-17(8-2)16(6)23-21-22-13-15(5)19(24-21)25(20(26)14(3)4)18-9-11-27-12-10-18/h13-14,16-18H,7-12H2,1-6H3,(H,22,23,24)/t16-/m0/s1. The van der Waals surface area contributed by atoms with E-state index in [0.717, 1.165) is 37.1 Å². The first kappa shape index (κ1) is 21.6. The van der Waals surface area contributed by atoms with E-state index in [9.17, 15) is 4.79 Å². The van der Waals surface area contributed by atoms with Gasteiger partial charge in [0.15, 0.2) is 0 Å². The van der Waals surface area contributed by atoms with Crippen molar-refractivity contribution in [3.63, 3.8) is 0 Å². The van der Waals surface area contributed by atoms with Crippen molar-refractivity contribution >= 4 is 17.7 Å². The van der Waals surface area contributed by atoms with Crippen molar-refractivity contribution in [2.24, 2.45) is 11.8 Å². The largest absolute Gasteiger partial charge is 0.381 e. The molecule has 0 radical (unpaired) electrons. The lowest BCUT2D eigenvalue weighted by Gasteiger charge is -2.35. The van der Waals surface area contributed by atoms with E-state index in [1.165, 1.54) is 0 Å². The molecule has 152 valence electrons. The first-order valence-electron chi connectivity index (χ1n) is 10.4. The third kappa shape index (κ3) is 5.41. The lowest BCUT2D eigenvalue weighted by molar-refractivity contribution is -0.122. The van der Waals surface area contributed by atoms with Gasteiger partial charge in [0.25, 0.3) is 0 Å². The van der Waals surface area contributed by atoms with Crippen molar-refractivity contribution in [1.29, 1.82) is 0 Å². The normalized spacial score (nSPS) is 16.6. The second-order valence-corrected chi connectivity index (χ2v) is 7.92. The van der Waals surface area contributed by atoms with Gasteiger partial charge in [-0.05, 0) is 32.6 Å². The van der Waals surface area contributed by atoms with Crippen LogP contribution in [-0.4, -0.2) is 41.2 Å². The zero-order chi connectivity index (χ0) is 20.0. The highest BCUT2D eigenvalue weighted by Gasteiger charge is 2.31. The summed E-state index contributed by atoms with van der Waals surface area (Å²) in [4.78, 5) is 24.2. The summed E-state index contributed by atoms with van der Waals surface area (Å²) in [6.45, 7) is 13.8. The van der Waals surface area contributed by atoms with Crippen molar-refractivity contribution in [1.82, 2.24) is 9.97 Å². The number of aryl methyl sites for hydroxylation is 1. The van der Waals surface area contributed by atoms with Crippen molar-refractivity contribution in [3.8, 4) is 0 Å². The number of amides is 1. The van der Waals surface area contributed by atoms with E-state index in [1.807, 2.05) is 31.9 Å². The Morgan fingerprint density at radius 1 is 1.26 bits per heavy atom. The topological polar surface area (TPSA) is 67.4 Å². The number of hydrogen-bond acceptors (Lipinski definition) is 5. The monoisotopic (exact) mass is 376 g/mol. The van der Waals surface area contributed by atoms with Gasteiger partial charge in [0.2, 0.25) is 11.9 Å². The number of hydrogen-bond donors (Lipinski definition) is 1. The van der Waals surface area contributed by atoms with E-state index in [4.69, 9.17) is 9.72 Å². The Bertz CT molecular complexity index is 610. The lowest BCUT2D eigenvalue weighted by atomic mass is 9.96. The molecule has 0 spiro atoms. The Hall–Kier alpha value is -1.69. The van der Waals surface area contributed by atoms with Crippen LogP contribution in [0.15, 0.2) is 6.20 Å². The summed E-state index contributed by atoms with van der Waals surface area (Å²) < 4.78 is 5.50. The molecule has 27 heavy (non-hydrogen) atoms. The molecule has 1 saturated heterocycles. The second-order valence-electron chi connectivity index (χ2n) is 7.92. The highest BCUT2D eigenvalue weighted by Crippen LogP contribution is 2.27. The molecule has 1 atom stereocenters. The molecule has 6 nitrogen and oxygen atoms in total. The highest BCUT2D eigenvalue weighted by molar-refractivity contribution is 5.95. The fourth-order valence-electron chi connectivity index (χ4n) is 3.74. The molecule has 1 N–H and O–H groups in total. The van der Waals surface area contributed by atoms with E-state index >= 15 is 0 Å². The van der Waals surface area contributed by atoms with Gasteiger partial charge in [-0.2, -0.15) is 4.98 Å². The van der Waals surface area contributed by atoms with Crippen molar-refractivity contribution in [2.45, 2.75) is 79.3 Å². The summed E-state index contributed by atoms with van der Waals surface area (Å²) >= 11 is 0. The smallest absolute Gasteiger partial charge is 0.230 e. The third-order valence-corrected chi connectivity index (χ3v) is 5.57. The quantitative estimate of drug-likeness (QED) is 0.737. The van der Waals surface area contributed by atoms with E-state index in [2.05, 4.69) is 31.1 Å². The molecule has 6 heteroatoms. The molecule has 1 aliphatic rings. The zero-order valence-electron chi connectivity index (χ0n) is 17.8. The van der Waals surface area contributed by atoms with Gasteiger partial charge in [-0.3, -0.25) is 9.69 Å². The maximum absolute atomic E-state index is 13.0. The van der Waals surface area contributed by atoms with Gasteiger partial charge in [0.1, 0.15) is 5.82 Å². The minimum Gasteiger partial charge on any atom is -0.381 e. The van der Waals surface area contributed by atoms with Crippen LogP contribution in [0.3, 0.4) is 0 Å². The highest BCUT2D eigenvalue weighted by atomic mass is 16.5. The zero-order valence-corrected chi connectivity index (χ0v) is 17.8. The summed E-state index contributed by atoms with van der Waals surface area (Å²) in [5.74, 6) is 1.94. The Morgan fingerprint density at radius 2 is 1.89 bits per heavy atom. The molecule has 2 heterocycles. The molecule has 0 aromatic carbocycles. The van der Waals surface area contributed by atoms with Gasteiger partial charge in [0, 0.05) is 43.0 Å². The molecule has 0 saturated carbocycles. The number of aromatic nitrogens is 2. The SMILES string of the molecule is CCC(CC)[C@H](C)Nc1ncc(C)c(N(C(=O)C(C)C)C2CCOCC2)n1. The Morgan fingerprint density at radius 3 is 2.44 bits per heavy atom. The lowest BCUT2D eigenvalue weighted by Crippen LogP contribution is -2.46. The van der Waals surface area contributed by atoms with Gasteiger partial charge in [-0.1, -0.05) is 40.5 Å². The Balaban J connectivity index is 2.33. The summed E-state index contributed by atoms with van der Waals surface area (Å²) in [6.07, 6.45) is 5.74. The summed E-state index contributed by atoms with van der Waals surface area (Å²) in [6, 6.07) is 0.416. The van der Waals surface area contributed by atoms with E-state index in [0.29, 0.717) is 25.1 Å². The minimum absolute atomic E-state index is 0.0814. The average molecular weight is 377 g/mol. The summed E-state index contributed by atoms with van der Waals surface area (Å²) in [5.41, 5.74) is 0.927.